The lowest BCUT2D eigenvalue weighted by Crippen LogP contribution is -2.62. The summed E-state index contributed by atoms with van der Waals surface area (Å²) in [6.07, 6.45) is 8.31. The molecule has 256 valence electrons. The number of hydrogen-bond donors (Lipinski definition) is 4. The van der Waals surface area contributed by atoms with Gasteiger partial charge in [0.1, 0.15) is 23.8 Å². The number of ketones is 1. The van der Waals surface area contributed by atoms with Crippen LogP contribution in [0, 0.1) is 11.3 Å². The highest BCUT2D eigenvalue weighted by atomic mass is 16.2. The summed E-state index contributed by atoms with van der Waals surface area (Å²) in [4.78, 5) is 85.7. The number of likely N-dealkylation sites (tertiary alicyclic amines) is 1. The zero-order valence-electron chi connectivity index (χ0n) is 28.1. The van der Waals surface area contributed by atoms with Gasteiger partial charge in [0.25, 0.3) is 11.8 Å². The monoisotopic (exact) mass is 650 g/mol. The molecule has 0 spiro atoms. The molecule has 1 aromatic heterocycles. The first-order valence-electron chi connectivity index (χ1n) is 16.5. The van der Waals surface area contributed by atoms with E-state index in [0.29, 0.717) is 12.0 Å². The van der Waals surface area contributed by atoms with Crippen LogP contribution < -0.4 is 21.3 Å². The molecule has 2 fully saturated rings. The van der Waals surface area contributed by atoms with Crippen molar-refractivity contribution in [3.8, 4) is 0 Å². The number of aromatic nitrogens is 1. The average molecular weight is 651 g/mol. The molecule has 5 amide bonds. The van der Waals surface area contributed by atoms with Crippen molar-refractivity contribution >= 4 is 35.3 Å². The molecular formula is C35H50N6O6. The van der Waals surface area contributed by atoms with Gasteiger partial charge in [0.15, 0.2) is 0 Å². The Balaban J connectivity index is 1.83. The number of carbonyl (C=O) groups is 6. The van der Waals surface area contributed by atoms with Crippen molar-refractivity contribution in [3.63, 3.8) is 0 Å². The summed E-state index contributed by atoms with van der Waals surface area (Å²) in [7, 11) is 0. The summed E-state index contributed by atoms with van der Waals surface area (Å²) < 4.78 is 0. The van der Waals surface area contributed by atoms with Gasteiger partial charge in [-0.25, -0.2) is 0 Å². The molecule has 47 heavy (non-hydrogen) atoms. The van der Waals surface area contributed by atoms with Crippen molar-refractivity contribution in [1.29, 1.82) is 0 Å². The van der Waals surface area contributed by atoms with Gasteiger partial charge in [-0.1, -0.05) is 77.7 Å². The van der Waals surface area contributed by atoms with Crippen LogP contribution in [0.1, 0.15) is 89.5 Å². The second-order valence-electron chi connectivity index (χ2n) is 13.5. The summed E-state index contributed by atoms with van der Waals surface area (Å²) in [6.45, 7) is 15.0. The Bertz CT molecular complexity index is 1330. The van der Waals surface area contributed by atoms with Crippen LogP contribution in [0.2, 0.25) is 0 Å². The van der Waals surface area contributed by atoms with Gasteiger partial charge in [-0.2, -0.15) is 0 Å². The molecule has 1 saturated heterocycles. The van der Waals surface area contributed by atoms with Crippen LogP contribution in [0.3, 0.4) is 0 Å². The fraction of sp³-hybridized carbons (Fsp3) is 0.571. The molecule has 1 aliphatic carbocycles. The molecule has 12 heteroatoms. The van der Waals surface area contributed by atoms with E-state index in [1.165, 1.54) is 17.2 Å². The quantitative estimate of drug-likeness (QED) is 0.177. The number of nitrogens with one attached hydrogen (secondary N) is 4. The third-order valence-corrected chi connectivity index (χ3v) is 8.67. The number of rotatable bonds is 14. The third kappa shape index (κ3) is 10.1. The van der Waals surface area contributed by atoms with E-state index in [9.17, 15) is 28.8 Å². The number of amides is 5. The lowest BCUT2D eigenvalue weighted by Gasteiger charge is -2.37. The van der Waals surface area contributed by atoms with Crippen LogP contribution in [0.4, 0.5) is 0 Å². The number of pyridine rings is 1. The maximum absolute atomic E-state index is 14.3. The van der Waals surface area contributed by atoms with E-state index in [-0.39, 0.29) is 37.5 Å². The molecule has 0 aromatic carbocycles. The predicted molar refractivity (Wildman–Crippen MR) is 178 cm³/mol. The maximum Gasteiger partial charge on any atom is 0.289 e. The Kier molecular flexibility index (Phi) is 13.4. The molecule has 1 unspecified atom stereocenters. The zero-order chi connectivity index (χ0) is 34.7. The molecule has 2 aliphatic rings. The van der Waals surface area contributed by atoms with Gasteiger partial charge >= 0.3 is 0 Å². The molecule has 4 N–H and O–H groups in total. The minimum absolute atomic E-state index is 0.0913. The fourth-order valence-corrected chi connectivity index (χ4v) is 6.12. The molecular weight excluding hydrogens is 600 g/mol. The SMILES string of the molecule is C=CCNC(=O)C(=O)C(CCC)NC(=O)[C@@H]1CC(=C)CN1C(=O)[C@@H](NC(=O)[C@@H](NC(=O)c1ccccn1)C1CCCCC1)C(C)(C)C. The van der Waals surface area contributed by atoms with Crippen LogP contribution in [0.5, 0.6) is 0 Å². The molecule has 3 rings (SSSR count). The van der Waals surface area contributed by atoms with Crippen LogP contribution in [0.15, 0.2) is 49.2 Å². The van der Waals surface area contributed by atoms with E-state index in [1.807, 2.05) is 27.7 Å². The van der Waals surface area contributed by atoms with E-state index < -0.39 is 64.9 Å². The summed E-state index contributed by atoms with van der Waals surface area (Å²) >= 11 is 0. The van der Waals surface area contributed by atoms with E-state index in [4.69, 9.17) is 0 Å². The van der Waals surface area contributed by atoms with Gasteiger partial charge in [-0.3, -0.25) is 33.8 Å². The lowest BCUT2D eigenvalue weighted by atomic mass is 9.82. The smallest absolute Gasteiger partial charge is 0.289 e. The highest BCUT2D eigenvalue weighted by molar-refractivity contribution is 6.38. The summed E-state index contributed by atoms with van der Waals surface area (Å²) in [6, 6.07) is 0.976. The van der Waals surface area contributed by atoms with E-state index >= 15 is 0 Å². The van der Waals surface area contributed by atoms with Crippen LogP contribution in [0.25, 0.3) is 0 Å². The zero-order valence-corrected chi connectivity index (χ0v) is 28.1. The topological polar surface area (TPSA) is 167 Å². The summed E-state index contributed by atoms with van der Waals surface area (Å²) in [5.41, 5.74) is 0.0540. The molecule has 12 nitrogen and oxygen atoms in total. The van der Waals surface area contributed by atoms with Crippen molar-refractivity contribution in [2.24, 2.45) is 11.3 Å². The fourth-order valence-electron chi connectivity index (χ4n) is 6.12. The number of nitrogens with zero attached hydrogens (tertiary/aromatic N) is 2. The summed E-state index contributed by atoms with van der Waals surface area (Å²) in [5, 5.41) is 10.9. The largest absolute Gasteiger partial charge is 0.346 e. The van der Waals surface area contributed by atoms with Gasteiger partial charge in [0, 0.05) is 19.3 Å². The van der Waals surface area contributed by atoms with Crippen molar-refractivity contribution < 1.29 is 28.8 Å². The Morgan fingerprint density at radius 2 is 1.74 bits per heavy atom. The summed E-state index contributed by atoms with van der Waals surface area (Å²) in [5.74, 6) is -3.74. The first kappa shape index (κ1) is 37.1. The Morgan fingerprint density at radius 3 is 2.34 bits per heavy atom. The molecule has 1 saturated carbocycles. The van der Waals surface area contributed by atoms with Gasteiger partial charge in [-0.15, -0.1) is 6.58 Å². The van der Waals surface area contributed by atoms with E-state index in [2.05, 4.69) is 39.4 Å². The molecule has 0 radical (unpaired) electrons. The first-order chi connectivity index (χ1) is 22.3. The standard InChI is InChI=1S/C35H50N6O6/c1-7-14-24(28(42)33(46)37-18-8-2)38-31(44)26-20-22(3)21-41(26)34(47)29(35(4,5)6)40-32(45)27(23-15-10-9-11-16-23)39-30(43)25-17-12-13-19-36-25/h8,12-13,17,19,23-24,26-27,29H,2-3,7,9-11,14-16,18,20-21H2,1,4-6H3,(H,37,46)(H,38,44)(H,39,43)(H,40,45)/t24?,26-,27-,29+/m0/s1. The third-order valence-electron chi connectivity index (χ3n) is 8.67. The van der Waals surface area contributed by atoms with Crippen LogP contribution in [-0.2, 0) is 24.0 Å². The van der Waals surface area contributed by atoms with Gasteiger partial charge in [-0.05, 0) is 49.1 Å². The Labute approximate surface area is 277 Å². The highest BCUT2D eigenvalue weighted by Gasteiger charge is 2.45. The molecule has 1 aromatic rings. The lowest BCUT2D eigenvalue weighted by molar-refractivity contribution is -0.145. The van der Waals surface area contributed by atoms with Crippen LogP contribution in [-0.4, -0.2) is 82.5 Å². The Morgan fingerprint density at radius 1 is 1.04 bits per heavy atom. The predicted octanol–water partition coefficient (Wildman–Crippen LogP) is 2.60. The van der Waals surface area contributed by atoms with Crippen molar-refractivity contribution in [2.45, 2.75) is 103 Å². The maximum atomic E-state index is 14.3. The highest BCUT2D eigenvalue weighted by Crippen LogP contribution is 2.30. The normalized spacial score (nSPS) is 18.8. The van der Waals surface area contributed by atoms with Crippen molar-refractivity contribution in [1.82, 2.24) is 31.2 Å². The number of carbonyl (C=O) groups excluding carboxylic acids is 6. The average Bonchev–Trinajstić information content (AvgIpc) is 3.45. The van der Waals surface area contributed by atoms with E-state index in [1.54, 1.807) is 18.2 Å². The van der Waals surface area contributed by atoms with E-state index in [0.717, 1.165) is 32.1 Å². The first-order valence-corrected chi connectivity index (χ1v) is 16.5. The van der Waals surface area contributed by atoms with Crippen molar-refractivity contribution in [3.05, 3.63) is 54.9 Å². The van der Waals surface area contributed by atoms with Gasteiger partial charge in [0.05, 0.1) is 6.04 Å². The number of hydrogen-bond acceptors (Lipinski definition) is 7. The van der Waals surface area contributed by atoms with Gasteiger partial charge < -0.3 is 26.2 Å². The van der Waals surface area contributed by atoms with Crippen LogP contribution >= 0.6 is 0 Å². The minimum Gasteiger partial charge on any atom is -0.346 e. The van der Waals surface area contributed by atoms with Gasteiger partial charge in [0.2, 0.25) is 23.5 Å². The van der Waals surface area contributed by atoms with Crippen molar-refractivity contribution in [2.75, 3.05) is 13.1 Å². The molecule has 0 bridgehead atoms. The minimum atomic E-state index is -1.07. The molecule has 1 aliphatic heterocycles. The number of Topliss-reactive ketones (excluding diaryl/α,β-unsaturated/α-hetero) is 1. The Hall–Kier alpha value is -4.35. The molecule has 4 atom stereocenters. The second-order valence-corrected chi connectivity index (χ2v) is 13.5. The second kappa shape index (κ2) is 17.0. The molecule has 2 heterocycles.